The lowest BCUT2D eigenvalue weighted by molar-refractivity contribution is 0.247. The largest absolute Gasteiger partial charge is 0.394 e. The van der Waals surface area contributed by atoms with Gasteiger partial charge in [0.25, 0.3) is 0 Å². The van der Waals surface area contributed by atoms with Crippen molar-refractivity contribution in [2.24, 2.45) is 0 Å². The summed E-state index contributed by atoms with van der Waals surface area (Å²) < 4.78 is 2.75. The third-order valence-corrected chi connectivity index (χ3v) is 7.08. The summed E-state index contributed by atoms with van der Waals surface area (Å²) in [6.07, 6.45) is 5.33. The number of anilines is 3. The monoisotopic (exact) mass is 482 g/mol. The van der Waals surface area contributed by atoms with Gasteiger partial charge in [-0.2, -0.15) is 4.98 Å². The van der Waals surface area contributed by atoms with Gasteiger partial charge in [-0.1, -0.05) is 0 Å². The minimum atomic E-state index is -0.262. The van der Waals surface area contributed by atoms with Crippen LogP contribution in [0, 0.1) is 0 Å². The van der Waals surface area contributed by atoms with Crippen LogP contribution < -0.4 is 10.2 Å². The number of nitrogens with zero attached hydrogens (tertiary/aromatic N) is 5. The third-order valence-electron chi connectivity index (χ3n) is 6.18. The number of aromatic nitrogens is 4. The summed E-state index contributed by atoms with van der Waals surface area (Å²) in [4.78, 5) is 16.0. The normalized spacial score (nSPS) is 16.0. The molecule has 1 aliphatic rings. The lowest BCUT2D eigenvalue weighted by atomic mass is 10.0. The summed E-state index contributed by atoms with van der Waals surface area (Å²) in [7, 11) is 0. The molecule has 0 aliphatic carbocycles. The summed E-state index contributed by atoms with van der Waals surface area (Å²) in [5.74, 6) is 1.76. The number of thiophene rings is 1. The van der Waals surface area contributed by atoms with E-state index in [0.717, 1.165) is 35.4 Å². The SMILES string of the molecule is OCc1cc(-n2cnc(Nc3nc(N4CCC[C@H]4CO)c4sccc4n3)c2)cc(CO)c1CO. The van der Waals surface area contributed by atoms with Gasteiger partial charge in [0.05, 0.1) is 48.9 Å². The molecular weight excluding hydrogens is 456 g/mol. The highest BCUT2D eigenvalue weighted by atomic mass is 32.1. The molecule has 4 aromatic rings. The quantitative estimate of drug-likeness (QED) is 0.255. The van der Waals surface area contributed by atoms with Crippen LogP contribution in [0.25, 0.3) is 15.9 Å². The van der Waals surface area contributed by atoms with Gasteiger partial charge in [0, 0.05) is 12.2 Å². The number of hydrogen-bond acceptors (Lipinski definition) is 10. The van der Waals surface area contributed by atoms with E-state index in [2.05, 4.69) is 20.2 Å². The molecule has 0 saturated carbocycles. The van der Waals surface area contributed by atoms with Crippen LogP contribution in [-0.2, 0) is 19.8 Å². The van der Waals surface area contributed by atoms with Gasteiger partial charge in [-0.3, -0.25) is 0 Å². The van der Waals surface area contributed by atoms with Crippen LogP contribution in [0.15, 0.2) is 36.1 Å². The molecule has 10 nitrogen and oxygen atoms in total. The number of rotatable bonds is 8. The van der Waals surface area contributed by atoms with Crippen molar-refractivity contribution in [2.75, 3.05) is 23.4 Å². The van der Waals surface area contributed by atoms with Crippen molar-refractivity contribution in [3.05, 3.63) is 52.8 Å². The zero-order valence-corrected chi connectivity index (χ0v) is 19.2. The van der Waals surface area contributed by atoms with Crippen molar-refractivity contribution in [1.82, 2.24) is 19.5 Å². The zero-order chi connectivity index (χ0) is 23.7. The lowest BCUT2D eigenvalue weighted by Gasteiger charge is -2.24. The maximum atomic E-state index is 9.79. The van der Waals surface area contributed by atoms with E-state index in [1.54, 1.807) is 40.6 Å². The molecular formula is C23H26N6O4S. The first kappa shape index (κ1) is 22.7. The van der Waals surface area contributed by atoms with Crippen molar-refractivity contribution in [2.45, 2.75) is 38.7 Å². The third kappa shape index (κ3) is 4.12. The highest BCUT2D eigenvalue weighted by Crippen LogP contribution is 2.34. The first-order valence-electron chi connectivity index (χ1n) is 11.1. The van der Waals surface area contributed by atoms with Crippen LogP contribution in [0.4, 0.5) is 17.6 Å². The molecule has 1 fully saturated rings. The summed E-state index contributed by atoms with van der Waals surface area (Å²) >= 11 is 1.59. The fourth-order valence-corrected chi connectivity index (χ4v) is 5.30. The lowest BCUT2D eigenvalue weighted by Crippen LogP contribution is -2.33. The molecule has 34 heavy (non-hydrogen) atoms. The average Bonchev–Trinajstić information content (AvgIpc) is 3.63. The van der Waals surface area contributed by atoms with Gasteiger partial charge in [0.2, 0.25) is 5.95 Å². The smallest absolute Gasteiger partial charge is 0.231 e. The van der Waals surface area contributed by atoms with E-state index >= 15 is 0 Å². The molecule has 5 rings (SSSR count). The minimum Gasteiger partial charge on any atom is -0.394 e. The molecule has 0 radical (unpaired) electrons. The summed E-state index contributed by atoms with van der Waals surface area (Å²) in [5, 5.41) is 43.9. The Bertz CT molecular complexity index is 1280. The first-order valence-corrected chi connectivity index (χ1v) is 11.9. The predicted molar refractivity (Wildman–Crippen MR) is 129 cm³/mol. The number of nitrogens with one attached hydrogen (secondary N) is 1. The van der Waals surface area contributed by atoms with Crippen LogP contribution in [0.1, 0.15) is 29.5 Å². The number of imidazole rings is 1. The Morgan fingerprint density at radius 3 is 2.56 bits per heavy atom. The van der Waals surface area contributed by atoms with Crippen molar-refractivity contribution in [1.29, 1.82) is 0 Å². The molecule has 11 heteroatoms. The molecule has 5 N–H and O–H groups in total. The van der Waals surface area contributed by atoms with Gasteiger partial charge in [-0.25, -0.2) is 9.97 Å². The topological polar surface area (TPSA) is 140 Å². The Morgan fingerprint density at radius 2 is 1.85 bits per heavy atom. The van der Waals surface area contributed by atoms with E-state index in [-0.39, 0.29) is 32.5 Å². The second-order valence-electron chi connectivity index (χ2n) is 8.19. The van der Waals surface area contributed by atoms with Gasteiger partial charge in [0.15, 0.2) is 11.6 Å². The second-order valence-corrected chi connectivity index (χ2v) is 9.10. The number of benzene rings is 1. The van der Waals surface area contributed by atoms with E-state index in [4.69, 9.17) is 4.98 Å². The van der Waals surface area contributed by atoms with Gasteiger partial charge in [0.1, 0.15) is 6.33 Å². The van der Waals surface area contributed by atoms with E-state index in [1.165, 1.54) is 0 Å². The Balaban J connectivity index is 1.46. The van der Waals surface area contributed by atoms with E-state index < -0.39 is 0 Å². The fraction of sp³-hybridized carbons (Fsp3) is 0.348. The van der Waals surface area contributed by atoms with Gasteiger partial charge in [-0.05, 0) is 53.1 Å². The molecule has 1 atom stereocenters. The molecule has 4 heterocycles. The summed E-state index contributed by atoms with van der Waals surface area (Å²) in [6.45, 7) is 0.165. The number of hydrogen-bond donors (Lipinski definition) is 5. The highest BCUT2D eigenvalue weighted by molar-refractivity contribution is 7.17. The molecule has 0 amide bonds. The van der Waals surface area contributed by atoms with Crippen LogP contribution in [0.3, 0.4) is 0 Å². The van der Waals surface area contributed by atoms with Crippen LogP contribution in [-0.4, -0.2) is 59.1 Å². The van der Waals surface area contributed by atoms with Crippen LogP contribution in [0.5, 0.6) is 0 Å². The molecule has 0 bridgehead atoms. The molecule has 3 aromatic heterocycles. The number of aliphatic hydroxyl groups excluding tert-OH is 4. The Morgan fingerprint density at radius 1 is 1.06 bits per heavy atom. The van der Waals surface area contributed by atoms with Crippen molar-refractivity contribution in [3.63, 3.8) is 0 Å². The molecule has 0 unspecified atom stereocenters. The number of fused-ring (bicyclic) bond motifs is 1. The van der Waals surface area contributed by atoms with E-state index in [0.29, 0.717) is 34.1 Å². The van der Waals surface area contributed by atoms with Crippen LogP contribution in [0.2, 0.25) is 0 Å². The van der Waals surface area contributed by atoms with E-state index in [1.807, 2.05) is 11.4 Å². The Labute approximate surface area is 199 Å². The number of aliphatic hydroxyl groups is 4. The van der Waals surface area contributed by atoms with E-state index in [9.17, 15) is 20.4 Å². The molecule has 178 valence electrons. The van der Waals surface area contributed by atoms with Crippen molar-refractivity contribution < 1.29 is 20.4 Å². The van der Waals surface area contributed by atoms with Crippen molar-refractivity contribution >= 4 is 39.1 Å². The summed E-state index contributed by atoms with van der Waals surface area (Å²) in [6, 6.07) is 5.51. The summed E-state index contributed by atoms with van der Waals surface area (Å²) in [5.41, 5.74) is 3.16. The van der Waals surface area contributed by atoms with Gasteiger partial charge >= 0.3 is 0 Å². The Hall–Kier alpha value is -3.09. The second kappa shape index (κ2) is 9.65. The van der Waals surface area contributed by atoms with Gasteiger partial charge < -0.3 is 35.2 Å². The molecule has 0 spiro atoms. The predicted octanol–water partition coefficient (Wildman–Crippen LogP) is 2.06. The zero-order valence-electron chi connectivity index (χ0n) is 18.4. The maximum Gasteiger partial charge on any atom is 0.231 e. The first-order chi connectivity index (χ1) is 16.6. The average molecular weight is 483 g/mol. The molecule has 1 aliphatic heterocycles. The van der Waals surface area contributed by atoms with Crippen molar-refractivity contribution in [3.8, 4) is 5.69 Å². The maximum absolute atomic E-state index is 9.79. The van der Waals surface area contributed by atoms with Crippen LogP contribution >= 0.6 is 11.3 Å². The van der Waals surface area contributed by atoms with Gasteiger partial charge in [-0.15, -0.1) is 11.3 Å². The Kier molecular flexibility index (Phi) is 6.44. The molecule has 1 saturated heterocycles. The molecule has 1 aromatic carbocycles. The standard InChI is InChI=1S/C23H26N6O4S/c30-9-14-6-17(7-15(10-31)18(14)12-33)28-8-20(24-13-28)26-23-25-19-3-5-34-21(19)22(27-23)29-4-1-2-16(29)11-32/h3,5-8,13,16,30-33H,1-2,4,9-12H2,(H,25,26,27)/t16-/m0/s1. The fourth-order valence-electron chi connectivity index (χ4n) is 4.46. The highest BCUT2D eigenvalue weighted by Gasteiger charge is 2.27. The minimum absolute atomic E-state index is 0.0515.